The zero-order chi connectivity index (χ0) is 13.4. The number of hydrogen-bond donors (Lipinski definition) is 1. The highest BCUT2D eigenvalue weighted by atomic mass is 32.2. The number of carbonyl (C=O) groups is 1. The van der Waals surface area contributed by atoms with E-state index in [2.05, 4.69) is 5.32 Å². The molecule has 1 saturated heterocycles. The van der Waals surface area contributed by atoms with Crippen molar-refractivity contribution in [1.29, 1.82) is 0 Å². The van der Waals surface area contributed by atoms with Crippen molar-refractivity contribution in [2.75, 3.05) is 0 Å². The van der Waals surface area contributed by atoms with Gasteiger partial charge in [-0.25, -0.2) is 4.79 Å². The summed E-state index contributed by atoms with van der Waals surface area (Å²) in [4.78, 5) is 23.8. The molecule has 0 atom stereocenters. The van der Waals surface area contributed by atoms with Crippen molar-refractivity contribution in [3.8, 4) is 0 Å². The van der Waals surface area contributed by atoms with Crippen LogP contribution in [-0.2, 0) is 4.79 Å². The minimum absolute atomic E-state index is 0.289. The van der Waals surface area contributed by atoms with Gasteiger partial charge in [-0.3, -0.25) is 4.79 Å². The van der Waals surface area contributed by atoms with E-state index in [-0.39, 0.29) is 5.91 Å². The Morgan fingerprint density at radius 2 is 2.05 bits per heavy atom. The third-order valence-corrected chi connectivity index (χ3v) is 3.76. The molecule has 94 valence electrons. The van der Waals surface area contributed by atoms with Crippen molar-refractivity contribution in [2.45, 2.75) is 0 Å². The Kier molecular flexibility index (Phi) is 2.96. The summed E-state index contributed by atoms with van der Waals surface area (Å²) in [5, 5.41) is 3.30. The van der Waals surface area contributed by atoms with Crippen LogP contribution < -0.4 is 10.9 Å². The molecule has 19 heavy (non-hydrogen) atoms. The average molecular weight is 289 g/mol. The third kappa shape index (κ3) is 2.32. The molecule has 2 heterocycles. The first-order valence-electron chi connectivity index (χ1n) is 5.41. The monoisotopic (exact) mass is 289 g/mol. The smallest absolute Gasteiger partial charge is 0.343 e. The van der Waals surface area contributed by atoms with E-state index < -0.39 is 5.63 Å². The zero-order valence-electron chi connectivity index (χ0n) is 9.51. The highest BCUT2D eigenvalue weighted by Crippen LogP contribution is 2.25. The quantitative estimate of drug-likeness (QED) is 0.496. The van der Waals surface area contributed by atoms with Crippen molar-refractivity contribution in [1.82, 2.24) is 5.32 Å². The second kappa shape index (κ2) is 4.64. The number of benzene rings is 1. The molecule has 2 aromatic rings. The van der Waals surface area contributed by atoms with Crippen molar-refractivity contribution >= 4 is 51.3 Å². The molecular weight excluding hydrogens is 282 g/mol. The number of amides is 1. The molecule has 0 radical (unpaired) electrons. The van der Waals surface area contributed by atoms with Crippen LogP contribution in [0.3, 0.4) is 0 Å². The average Bonchev–Trinajstić information content (AvgIpc) is 2.69. The topological polar surface area (TPSA) is 59.3 Å². The minimum atomic E-state index is -0.475. The van der Waals surface area contributed by atoms with Gasteiger partial charge in [0.15, 0.2) is 0 Å². The standard InChI is InChI=1S/C13H7NO3S2/c15-11-10(19-13(18)14-11)6-8-5-7-3-1-2-4-9(7)17-12(8)16/h1-6H,(H,14,15,18)/b10-6-. The first-order valence-corrected chi connectivity index (χ1v) is 6.64. The Labute approximate surface area is 117 Å². The fraction of sp³-hybridized carbons (Fsp3) is 0. The lowest BCUT2D eigenvalue weighted by atomic mass is 10.2. The second-order valence-electron chi connectivity index (χ2n) is 3.88. The molecule has 1 amide bonds. The van der Waals surface area contributed by atoms with E-state index in [1.807, 2.05) is 12.1 Å². The van der Waals surface area contributed by atoms with Crippen LogP contribution in [0.4, 0.5) is 0 Å². The number of thiocarbonyl (C=S) groups is 1. The van der Waals surface area contributed by atoms with Gasteiger partial charge >= 0.3 is 5.63 Å². The molecule has 0 saturated carbocycles. The van der Waals surface area contributed by atoms with Gasteiger partial charge in [-0.05, 0) is 18.2 Å². The van der Waals surface area contributed by atoms with Crippen LogP contribution in [0, 0.1) is 0 Å². The predicted octanol–water partition coefficient (Wildman–Crippen LogP) is 2.28. The van der Waals surface area contributed by atoms with Crippen LogP contribution in [0.15, 0.2) is 44.4 Å². The predicted molar refractivity (Wildman–Crippen MR) is 78.8 cm³/mol. The summed E-state index contributed by atoms with van der Waals surface area (Å²) in [7, 11) is 0. The van der Waals surface area contributed by atoms with Gasteiger partial charge < -0.3 is 9.73 Å². The van der Waals surface area contributed by atoms with Crippen molar-refractivity contribution < 1.29 is 9.21 Å². The van der Waals surface area contributed by atoms with Crippen LogP contribution in [-0.4, -0.2) is 10.2 Å². The molecule has 0 aliphatic carbocycles. The van der Waals surface area contributed by atoms with E-state index in [1.165, 1.54) is 6.08 Å². The molecule has 4 nitrogen and oxygen atoms in total. The lowest BCUT2D eigenvalue weighted by Crippen LogP contribution is -2.17. The lowest BCUT2D eigenvalue weighted by molar-refractivity contribution is -0.115. The summed E-state index contributed by atoms with van der Waals surface area (Å²) in [6.45, 7) is 0. The molecule has 3 rings (SSSR count). The first kappa shape index (κ1) is 12.1. The number of rotatable bonds is 1. The number of hydrogen-bond acceptors (Lipinski definition) is 5. The van der Waals surface area contributed by atoms with Crippen LogP contribution in [0.25, 0.3) is 17.0 Å². The first-order chi connectivity index (χ1) is 9.13. The maximum Gasteiger partial charge on any atom is 0.343 e. The Morgan fingerprint density at radius 1 is 1.26 bits per heavy atom. The SMILES string of the molecule is O=C1NC(=S)S/C1=C\c1cc2ccccc2oc1=O. The number of para-hydroxylation sites is 1. The van der Waals surface area contributed by atoms with Gasteiger partial charge in [-0.15, -0.1) is 0 Å². The Morgan fingerprint density at radius 3 is 2.79 bits per heavy atom. The summed E-state index contributed by atoms with van der Waals surface area (Å²) in [5.41, 5.74) is 0.382. The summed E-state index contributed by atoms with van der Waals surface area (Å²) < 4.78 is 5.58. The minimum Gasteiger partial charge on any atom is -0.422 e. The van der Waals surface area contributed by atoms with Gasteiger partial charge in [0.1, 0.15) is 9.90 Å². The number of nitrogens with one attached hydrogen (secondary N) is 1. The van der Waals surface area contributed by atoms with Gasteiger partial charge in [-0.1, -0.05) is 42.2 Å². The molecule has 0 spiro atoms. The van der Waals surface area contributed by atoms with Gasteiger partial charge in [0, 0.05) is 5.39 Å². The molecule has 1 aromatic heterocycles. The lowest BCUT2D eigenvalue weighted by Gasteiger charge is -1.98. The van der Waals surface area contributed by atoms with Gasteiger partial charge in [0.2, 0.25) is 0 Å². The largest absolute Gasteiger partial charge is 0.422 e. The zero-order valence-corrected chi connectivity index (χ0v) is 11.1. The maximum absolute atomic E-state index is 11.8. The van der Waals surface area contributed by atoms with Crippen molar-refractivity contribution in [3.05, 3.63) is 51.2 Å². The van der Waals surface area contributed by atoms with Gasteiger partial charge in [0.25, 0.3) is 5.91 Å². The number of carbonyl (C=O) groups excluding carboxylic acids is 1. The number of fused-ring (bicyclic) bond motifs is 1. The van der Waals surface area contributed by atoms with Crippen LogP contribution in [0.1, 0.15) is 5.56 Å². The Bertz CT molecular complexity index is 792. The van der Waals surface area contributed by atoms with Crippen LogP contribution >= 0.6 is 24.0 Å². The molecule has 1 N–H and O–H groups in total. The molecule has 1 aliphatic heterocycles. The molecular formula is C13H7NO3S2. The molecule has 0 unspecified atom stereocenters. The number of thioether (sulfide) groups is 1. The van der Waals surface area contributed by atoms with Crippen molar-refractivity contribution in [2.24, 2.45) is 0 Å². The van der Waals surface area contributed by atoms with Gasteiger partial charge in [0.05, 0.1) is 10.5 Å². The third-order valence-electron chi connectivity index (χ3n) is 2.60. The summed E-state index contributed by atoms with van der Waals surface area (Å²) >= 11 is 6.02. The van der Waals surface area contributed by atoms with E-state index in [0.717, 1.165) is 17.1 Å². The fourth-order valence-electron chi connectivity index (χ4n) is 1.74. The van der Waals surface area contributed by atoms with E-state index in [0.29, 0.717) is 20.4 Å². The van der Waals surface area contributed by atoms with Crippen LogP contribution in [0.2, 0.25) is 0 Å². The molecule has 6 heteroatoms. The van der Waals surface area contributed by atoms with Crippen LogP contribution in [0.5, 0.6) is 0 Å². The van der Waals surface area contributed by atoms with E-state index in [9.17, 15) is 9.59 Å². The van der Waals surface area contributed by atoms with Gasteiger partial charge in [-0.2, -0.15) is 0 Å². The Balaban J connectivity index is 2.13. The molecule has 1 fully saturated rings. The summed E-state index contributed by atoms with van der Waals surface area (Å²) in [6, 6.07) is 8.91. The molecule has 0 bridgehead atoms. The second-order valence-corrected chi connectivity index (χ2v) is 5.60. The summed E-state index contributed by atoms with van der Waals surface area (Å²) in [5.74, 6) is -0.289. The summed E-state index contributed by atoms with van der Waals surface area (Å²) in [6.07, 6.45) is 1.50. The fourth-order valence-corrected chi connectivity index (χ4v) is 2.78. The van der Waals surface area contributed by atoms with E-state index >= 15 is 0 Å². The van der Waals surface area contributed by atoms with E-state index in [1.54, 1.807) is 18.2 Å². The normalized spacial score (nSPS) is 17.2. The van der Waals surface area contributed by atoms with Crippen molar-refractivity contribution in [3.63, 3.8) is 0 Å². The van der Waals surface area contributed by atoms with E-state index in [4.69, 9.17) is 16.6 Å². The maximum atomic E-state index is 11.8. The molecule has 1 aromatic carbocycles. The molecule has 1 aliphatic rings. The Hall–Kier alpha value is -1.92. The highest BCUT2D eigenvalue weighted by Gasteiger charge is 2.22. The highest BCUT2D eigenvalue weighted by molar-refractivity contribution is 8.26.